The van der Waals surface area contributed by atoms with Gasteiger partial charge in [-0.3, -0.25) is 4.79 Å². The molecule has 1 aliphatic rings. The molecule has 1 N–H and O–H groups in total. The molecule has 0 saturated carbocycles. The Kier molecular flexibility index (Phi) is 3.92. The van der Waals surface area contributed by atoms with E-state index in [1.165, 1.54) is 17.4 Å². The smallest absolute Gasteiger partial charge is 0.265 e. The Balaban J connectivity index is 1.76. The van der Waals surface area contributed by atoms with Gasteiger partial charge >= 0.3 is 0 Å². The first-order chi connectivity index (χ1) is 10.1. The SMILES string of the molecule is Cc1ccsc1C(=O)Nc1ccc(N2CCCC2)c(F)c1. The molecule has 2 aromatic rings. The minimum absolute atomic E-state index is 0.184. The minimum atomic E-state index is -0.280. The van der Waals surface area contributed by atoms with E-state index in [1.54, 1.807) is 12.1 Å². The molecule has 0 radical (unpaired) electrons. The van der Waals surface area contributed by atoms with E-state index < -0.39 is 0 Å². The molecular weight excluding hydrogens is 287 g/mol. The van der Waals surface area contributed by atoms with Crippen molar-refractivity contribution in [3.63, 3.8) is 0 Å². The molecule has 3 rings (SSSR count). The molecule has 0 spiro atoms. The van der Waals surface area contributed by atoms with E-state index in [0.29, 0.717) is 16.3 Å². The van der Waals surface area contributed by atoms with Gasteiger partial charge in [0.05, 0.1) is 10.6 Å². The molecule has 21 heavy (non-hydrogen) atoms. The van der Waals surface area contributed by atoms with Gasteiger partial charge in [-0.25, -0.2) is 4.39 Å². The molecule has 2 heterocycles. The first-order valence-electron chi connectivity index (χ1n) is 7.05. The van der Waals surface area contributed by atoms with Gasteiger partial charge in [0.15, 0.2) is 0 Å². The normalized spacial score (nSPS) is 14.5. The van der Waals surface area contributed by atoms with E-state index in [2.05, 4.69) is 5.32 Å². The Morgan fingerprint density at radius 1 is 1.29 bits per heavy atom. The molecule has 3 nitrogen and oxygen atoms in total. The van der Waals surface area contributed by atoms with Crippen LogP contribution in [0.25, 0.3) is 0 Å². The van der Waals surface area contributed by atoms with Crippen LogP contribution in [-0.4, -0.2) is 19.0 Å². The summed E-state index contributed by atoms with van der Waals surface area (Å²) in [6, 6.07) is 6.81. The fourth-order valence-electron chi connectivity index (χ4n) is 2.59. The highest BCUT2D eigenvalue weighted by atomic mass is 32.1. The van der Waals surface area contributed by atoms with Gasteiger partial charge in [0.2, 0.25) is 0 Å². The summed E-state index contributed by atoms with van der Waals surface area (Å²) >= 11 is 1.39. The molecule has 1 aromatic heterocycles. The van der Waals surface area contributed by atoms with Crippen LogP contribution >= 0.6 is 11.3 Å². The lowest BCUT2D eigenvalue weighted by molar-refractivity contribution is 0.103. The molecule has 0 bridgehead atoms. The molecule has 1 aromatic carbocycles. The highest BCUT2D eigenvalue weighted by Gasteiger charge is 2.17. The van der Waals surface area contributed by atoms with Crippen LogP contribution in [-0.2, 0) is 0 Å². The summed E-state index contributed by atoms with van der Waals surface area (Å²) in [5, 5.41) is 4.63. The monoisotopic (exact) mass is 304 g/mol. The van der Waals surface area contributed by atoms with Gasteiger partial charge in [0, 0.05) is 18.8 Å². The van der Waals surface area contributed by atoms with Crippen LogP contribution in [0.2, 0.25) is 0 Å². The van der Waals surface area contributed by atoms with Crippen LogP contribution in [0.1, 0.15) is 28.1 Å². The van der Waals surface area contributed by atoms with Crippen LogP contribution in [0.4, 0.5) is 15.8 Å². The third kappa shape index (κ3) is 2.93. The lowest BCUT2D eigenvalue weighted by Gasteiger charge is -2.18. The van der Waals surface area contributed by atoms with Crippen molar-refractivity contribution < 1.29 is 9.18 Å². The average Bonchev–Trinajstić information content (AvgIpc) is 3.10. The number of nitrogens with zero attached hydrogens (tertiary/aromatic N) is 1. The van der Waals surface area contributed by atoms with E-state index in [0.717, 1.165) is 31.5 Å². The number of rotatable bonds is 3. The molecule has 1 aliphatic heterocycles. The molecule has 1 amide bonds. The molecule has 0 atom stereocenters. The van der Waals surface area contributed by atoms with Crippen LogP contribution in [0.5, 0.6) is 0 Å². The molecule has 5 heteroatoms. The maximum absolute atomic E-state index is 14.2. The minimum Gasteiger partial charge on any atom is -0.369 e. The number of amides is 1. The Hall–Kier alpha value is -1.88. The summed E-state index contributed by atoms with van der Waals surface area (Å²) in [6.07, 6.45) is 2.21. The zero-order chi connectivity index (χ0) is 14.8. The van der Waals surface area contributed by atoms with Crippen molar-refractivity contribution in [2.24, 2.45) is 0 Å². The second-order valence-electron chi connectivity index (χ2n) is 5.25. The molecule has 110 valence electrons. The maximum atomic E-state index is 14.2. The number of carbonyl (C=O) groups is 1. The van der Waals surface area contributed by atoms with E-state index in [1.807, 2.05) is 23.3 Å². The molecular formula is C16H17FN2OS. The number of nitrogens with one attached hydrogen (secondary N) is 1. The summed E-state index contributed by atoms with van der Waals surface area (Å²) in [7, 11) is 0. The van der Waals surface area contributed by atoms with Gasteiger partial charge in [-0.15, -0.1) is 11.3 Å². The third-order valence-electron chi connectivity index (χ3n) is 3.72. The molecule has 0 unspecified atom stereocenters. The van der Waals surface area contributed by atoms with Crippen LogP contribution in [0.3, 0.4) is 0 Å². The molecule has 1 saturated heterocycles. The second-order valence-corrected chi connectivity index (χ2v) is 6.16. The quantitative estimate of drug-likeness (QED) is 0.928. The van der Waals surface area contributed by atoms with Gasteiger partial charge in [0.25, 0.3) is 5.91 Å². The predicted molar refractivity (Wildman–Crippen MR) is 84.9 cm³/mol. The largest absolute Gasteiger partial charge is 0.369 e. The van der Waals surface area contributed by atoms with Crippen molar-refractivity contribution in [3.05, 3.63) is 45.9 Å². The number of anilines is 2. The average molecular weight is 304 g/mol. The number of carbonyl (C=O) groups excluding carboxylic acids is 1. The number of halogens is 1. The van der Waals surface area contributed by atoms with E-state index in [-0.39, 0.29) is 11.7 Å². The van der Waals surface area contributed by atoms with Crippen molar-refractivity contribution >= 4 is 28.6 Å². The van der Waals surface area contributed by atoms with Crippen LogP contribution in [0, 0.1) is 12.7 Å². The van der Waals surface area contributed by atoms with Crippen LogP contribution < -0.4 is 10.2 Å². The van der Waals surface area contributed by atoms with E-state index in [9.17, 15) is 9.18 Å². The standard InChI is InChI=1S/C16H17FN2OS/c1-11-6-9-21-15(11)16(20)18-12-4-5-14(13(17)10-12)19-7-2-3-8-19/h4-6,9-10H,2-3,7-8H2,1H3,(H,18,20). The summed E-state index contributed by atoms with van der Waals surface area (Å²) in [5.74, 6) is -0.464. The van der Waals surface area contributed by atoms with Crippen molar-refractivity contribution in [2.45, 2.75) is 19.8 Å². The Bertz CT molecular complexity index is 662. The topological polar surface area (TPSA) is 32.3 Å². The fourth-order valence-corrected chi connectivity index (χ4v) is 3.41. The molecule has 0 aliphatic carbocycles. The number of benzene rings is 1. The summed E-state index contributed by atoms with van der Waals surface area (Å²) in [5.41, 5.74) is 2.05. The number of hydrogen-bond acceptors (Lipinski definition) is 3. The van der Waals surface area contributed by atoms with E-state index in [4.69, 9.17) is 0 Å². The van der Waals surface area contributed by atoms with Gasteiger partial charge in [0.1, 0.15) is 5.82 Å². The first kappa shape index (κ1) is 14.1. The van der Waals surface area contributed by atoms with Gasteiger partial charge in [-0.2, -0.15) is 0 Å². The van der Waals surface area contributed by atoms with Crippen molar-refractivity contribution in [1.82, 2.24) is 0 Å². The van der Waals surface area contributed by atoms with E-state index >= 15 is 0 Å². The highest BCUT2D eigenvalue weighted by molar-refractivity contribution is 7.12. The molecule has 1 fully saturated rings. The maximum Gasteiger partial charge on any atom is 0.265 e. The lowest BCUT2D eigenvalue weighted by atomic mass is 10.2. The van der Waals surface area contributed by atoms with Crippen molar-refractivity contribution in [3.8, 4) is 0 Å². The fraction of sp³-hybridized carbons (Fsp3) is 0.312. The van der Waals surface area contributed by atoms with Crippen molar-refractivity contribution in [1.29, 1.82) is 0 Å². The second kappa shape index (κ2) is 5.85. The number of hydrogen-bond donors (Lipinski definition) is 1. The highest BCUT2D eigenvalue weighted by Crippen LogP contribution is 2.26. The Labute approximate surface area is 127 Å². The van der Waals surface area contributed by atoms with Gasteiger partial charge in [-0.05, 0) is 55.0 Å². The zero-order valence-corrected chi connectivity index (χ0v) is 12.7. The number of thiophene rings is 1. The predicted octanol–water partition coefficient (Wildman–Crippen LogP) is 4.05. The Morgan fingerprint density at radius 2 is 2.05 bits per heavy atom. The summed E-state index contributed by atoms with van der Waals surface area (Å²) in [4.78, 5) is 14.8. The first-order valence-corrected chi connectivity index (χ1v) is 7.93. The zero-order valence-electron chi connectivity index (χ0n) is 11.9. The lowest BCUT2D eigenvalue weighted by Crippen LogP contribution is -2.19. The number of aryl methyl sites for hydroxylation is 1. The Morgan fingerprint density at radius 3 is 2.67 bits per heavy atom. The van der Waals surface area contributed by atoms with Gasteiger partial charge < -0.3 is 10.2 Å². The third-order valence-corrected chi connectivity index (χ3v) is 4.74. The van der Waals surface area contributed by atoms with Crippen molar-refractivity contribution in [2.75, 3.05) is 23.3 Å². The summed E-state index contributed by atoms with van der Waals surface area (Å²) in [6.45, 7) is 3.69. The van der Waals surface area contributed by atoms with Gasteiger partial charge in [-0.1, -0.05) is 0 Å². The summed E-state index contributed by atoms with van der Waals surface area (Å²) < 4.78 is 14.2. The van der Waals surface area contributed by atoms with Crippen LogP contribution in [0.15, 0.2) is 29.6 Å².